The first-order valence-electron chi connectivity index (χ1n) is 9.81. The van der Waals surface area contributed by atoms with Gasteiger partial charge in [-0.2, -0.15) is 0 Å². The highest BCUT2D eigenvalue weighted by atomic mass is 19.2. The molecule has 0 N–H and O–H groups in total. The van der Waals surface area contributed by atoms with E-state index >= 15 is 0 Å². The summed E-state index contributed by atoms with van der Waals surface area (Å²) in [7, 11) is 2.99. The molecule has 4 rings (SSSR count). The molecule has 4 nitrogen and oxygen atoms in total. The Labute approximate surface area is 182 Å². The lowest BCUT2D eigenvalue weighted by molar-refractivity contribution is 0.0687. The van der Waals surface area contributed by atoms with E-state index < -0.39 is 40.8 Å². The van der Waals surface area contributed by atoms with E-state index in [1.807, 2.05) is 6.07 Å². The van der Waals surface area contributed by atoms with Gasteiger partial charge in [-0.1, -0.05) is 30.3 Å². The largest absolute Gasteiger partial charge is 0.493 e. The lowest BCUT2D eigenvalue weighted by atomic mass is 9.87. The number of hydrogen-bond donors (Lipinski definition) is 0. The van der Waals surface area contributed by atoms with Crippen molar-refractivity contribution in [2.45, 2.75) is 12.5 Å². The van der Waals surface area contributed by atoms with E-state index in [2.05, 4.69) is 0 Å². The number of carbonyl (C=O) groups excluding carboxylic acids is 1. The van der Waals surface area contributed by atoms with Gasteiger partial charge in [0, 0.05) is 6.54 Å². The number of nitrogens with zero attached hydrogens (tertiary/aromatic N) is 1. The zero-order valence-corrected chi connectivity index (χ0v) is 17.3. The number of halogens is 4. The molecule has 1 amide bonds. The molecule has 0 spiro atoms. The monoisotopic (exact) mass is 445 g/mol. The molecule has 0 fully saturated rings. The van der Waals surface area contributed by atoms with Crippen molar-refractivity contribution in [1.29, 1.82) is 0 Å². The summed E-state index contributed by atoms with van der Waals surface area (Å²) in [6, 6.07) is 12.2. The van der Waals surface area contributed by atoms with Crippen molar-refractivity contribution in [3.8, 4) is 11.5 Å². The van der Waals surface area contributed by atoms with E-state index in [-0.39, 0.29) is 6.54 Å². The summed E-state index contributed by atoms with van der Waals surface area (Å²) in [5.41, 5.74) is 1.43. The highest BCUT2D eigenvalue weighted by molar-refractivity contribution is 5.95. The summed E-state index contributed by atoms with van der Waals surface area (Å²) in [6.07, 6.45) is 0.387. The first-order valence-corrected chi connectivity index (χ1v) is 9.81. The van der Waals surface area contributed by atoms with Gasteiger partial charge in [-0.15, -0.1) is 0 Å². The van der Waals surface area contributed by atoms with Crippen LogP contribution >= 0.6 is 0 Å². The van der Waals surface area contributed by atoms with E-state index in [1.165, 1.54) is 19.1 Å². The molecule has 1 unspecified atom stereocenters. The minimum absolute atomic E-state index is 0.140. The van der Waals surface area contributed by atoms with Crippen LogP contribution in [0.3, 0.4) is 0 Å². The number of fused-ring (bicyclic) bond motifs is 1. The number of benzene rings is 3. The second-order valence-electron chi connectivity index (χ2n) is 7.32. The first kappa shape index (κ1) is 21.7. The molecule has 0 aromatic heterocycles. The van der Waals surface area contributed by atoms with Gasteiger partial charge in [-0.05, 0) is 41.3 Å². The van der Waals surface area contributed by atoms with Crippen LogP contribution in [0, 0.1) is 23.3 Å². The summed E-state index contributed by atoms with van der Waals surface area (Å²) in [5.74, 6) is -7.33. The molecule has 1 aliphatic rings. The number of carbonyl (C=O) groups is 1. The zero-order valence-electron chi connectivity index (χ0n) is 17.3. The number of methoxy groups -OCH3 is 2. The van der Waals surface area contributed by atoms with Crippen LogP contribution in [0.25, 0.3) is 0 Å². The first-order chi connectivity index (χ1) is 15.4. The molecule has 1 atom stereocenters. The smallest absolute Gasteiger partial charge is 0.257 e. The predicted octanol–water partition coefficient (Wildman–Crippen LogP) is 5.05. The fourth-order valence-electron chi connectivity index (χ4n) is 4.04. The van der Waals surface area contributed by atoms with E-state index in [0.717, 1.165) is 5.56 Å². The number of hydrogen-bond acceptors (Lipinski definition) is 3. The lowest BCUT2D eigenvalue weighted by Gasteiger charge is -2.38. The third kappa shape index (κ3) is 3.55. The van der Waals surface area contributed by atoms with Gasteiger partial charge in [0.1, 0.15) is 0 Å². The van der Waals surface area contributed by atoms with Crippen molar-refractivity contribution in [2.24, 2.45) is 0 Å². The van der Waals surface area contributed by atoms with E-state index in [9.17, 15) is 22.4 Å². The SMILES string of the molecule is COc1cc2c(cc1OC)C(c1ccccc1)N(C(=O)c1cc(F)c(F)c(F)c1F)CC2. The Bertz CT molecular complexity index is 1180. The highest BCUT2D eigenvalue weighted by Gasteiger charge is 2.36. The van der Waals surface area contributed by atoms with Crippen LogP contribution in [0.4, 0.5) is 17.6 Å². The average Bonchev–Trinajstić information content (AvgIpc) is 2.83. The maximum Gasteiger partial charge on any atom is 0.257 e. The third-order valence-corrected chi connectivity index (χ3v) is 5.58. The second-order valence-corrected chi connectivity index (χ2v) is 7.32. The number of ether oxygens (including phenoxy) is 2. The van der Waals surface area contributed by atoms with Crippen LogP contribution in [0.2, 0.25) is 0 Å². The highest BCUT2D eigenvalue weighted by Crippen LogP contribution is 2.41. The molecule has 8 heteroatoms. The molecule has 0 saturated heterocycles. The van der Waals surface area contributed by atoms with Crippen LogP contribution in [-0.2, 0) is 6.42 Å². The second kappa shape index (κ2) is 8.53. The standard InChI is InChI=1S/C24H19F4NO3/c1-31-18-10-14-8-9-29(24(30)16-11-17(25)21(27)22(28)20(16)26)23(13-6-4-3-5-7-13)15(14)12-19(18)32-2/h3-7,10-12,23H,8-9H2,1-2H3. The Morgan fingerprint density at radius 3 is 2.22 bits per heavy atom. The van der Waals surface area contributed by atoms with Crippen molar-refractivity contribution in [3.63, 3.8) is 0 Å². The molecule has 32 heavy (non-hydrogen) atoms. The molecule has 1 heterocycles. The lowest BCUT2D eigenvalue weighted by Crippen LogP contribution is -2.41. The Balaban J connectivity index is 1.87. The van der Waals surface area contributed by atoms with Gasteiger partial charge in [-0.25, -0.2) is 17.6 Å². The quantitative estimate of drug-likeness (QED) is 0.321. The van der Waals surface area contributed by atoms with Crippen LogP contribution in [0.5, 0.6) is 11.5 Å². The van der Waals surface area contributed by atoms with E-state index in [1.54, 1.807) is 36.4 Å². The van der Waals surface area contributed by atoms with Gasteiger partial charge < -0.3 is 14.4 Å². The minimum Gasteiger partial charge on any atom is -0.493 e. The van der Waals surface area contributed by atoms with Crippen LogP contribution in [-0.4, -0.2) is 31.6 Å². The summed E-state index contributed by atoms with van der Waals surface area (Å²) >= 11 is 0. The topological polar surface area (TPSA) is 38.8 Å². The van der Waals surface area contributed by atoms with Gasteiger partial charge in [0.2, 0.25) is 0 Å². The molecular weight excluding hydrogens is 426 g/mol. The van der Waals surface area contributed by atoms with Crippen molar-refractivity contribution in [1.82, 2.24) is 4.90 Å². The van der Waals surface area contributed by atoms with Gasteiger partial charge >= 0.3 is 0 Å². The summed E-state index contributed by atoms with van der Waals surface area (Å²) < 4.78 is 66.3. The maximum absolute atomic E-state index is 14.4. The predicted molar refractivity (Wildman–Crippen MR) is 109 cm³/mol. The fraction of sp³-hybridized carbons (Fsp3) is 0.208. The molecule has 0 bridgehead atoms. The Kier molecular flexibility index (Phi) is 5.78. The molecule has 3 aromatic carbocycles. The maximum atomic E-state index is 14.4. The van der Waals surface area contributed by atoms with Gasteiger partial charge in [-0.3, -0.25) is 4.79 Å². The molecule has 0 aliphatic carbocycles. The van der Waals surface area contributed by atoms with Crippen molar-refractivity contribution in [3.05, 3.63) is 94.1 Å². The van der Waals surface area contributed by atoms with Crippen molar-refractivity contribution < 1.29 is 31.8 Å². The van der Waals surface area contributed by atoms with Gasteiger partial charge in [0.15, 0.2) is 34.8 Å². The van der Waals surface area contributed by atoms with E-state index in [0.29, 0.717) is 35.1 Å². The number of amides is 1. The third-order valence-electron chi connectivity index (χ3n) is 5.58. The number of rotatable bonds is 4. The molecular formula is C24H19F4NO3. The fourth-order valence-corrected chi connectivity index (χ4v) is 4.04. The zero-order chi connectivity index (χ0) is 23.0. The Morgan fingerprint density at radius 2 is 1.56 bits per heavy atom. The summed E-state index contributed by atoms with van der Waals surface area (Å²) in [6.45, 7) is 0.140. The molecule has 166 valence electrons. The van der Waals surface area contributed by atoms with Crippen LogP contribution in [0.1, 0.15) is 33.1 Å². The van der Waals surface area contributed by atoms with Gasteiger partial charge in [0.25, 0.3) is 5.91 Å². The molecule has 0 radical (unpaired) electrons. The van der Waals surface area contributed by atoms with Crippen molar-refractivity contribution in [2.75, 3.05) is 20.8 Å². The summed E-state index contributed by atoms with van der Waals surface area (Å²) in [4.78, 5) is 14.6. The Hall–Kier alpha value is -3.55. The minimum atomic E-state index is -2.02. The normalized spacial score (nSPS) is 15.3. The Morgan fingerprint density at radius 1 is 0.906 bits per heavy atom. The molecule has 0 saturated carbocycles. The van der Waals surface area contributed by atoms with E-state index in [4.69, 9.17) is 9.47 Å². The average molecular weight is 445 g/mol. The van der Waals surface area contributed by atoms with Crippen molar-refractivity contribution >= 4 is 5.91 Å². The molecule has 3 aromatic rings. The van der Waals surface area contributed by atoms with Crippen LogP contribution in [0.15, 0.2) is 48.5 Å². The summed E-state index contributed by atoms with van der Waals surface area (Å²) in [5, 5.41) is 0. The molecule has 1 aliphatic heterocycles. The van der Waals surface area contributed by atoms with Crippen LogP contribution < -0.4 is 9.47 Å². The van der Waals surface area contributed by atoms with Gasteiger partial charge in [0.05, 0.1) is 25.8 Å².